The fourth-order valence-electron chi connectivity index (χ4n) is 1.15. The molecule has 1 aliphatic heterocycles. The molecule has 0 radical (unpaired) electrons. The molecule has 1 rings (SSSR count). The van der Waals surface area contributed by atoms with E-state index < -0.39 is 6.10 Å². The van der Waals surface area contributed by atoms with Gasteiger partial charge >= 0.3 is 0 Å². The minimum Gasteiger partial charge on any atom is -0.385 e. The Morgan fingerprint density at radius 3 is 3.15 bits per heavy atom. The lowest BCUT2D eigenvalue weighted by atomic mass is 10.2. The van der Waals surface area contributed by atoms with Crippen molar-refractivity contribution in [1.82, 2.24) is 0 Å². The van der Waals surface area contributed by atoms with E-state index in [0.717, 1.165) is 6.42 Å². The maximum Gasteiger partial charge on any atom is 0.134 e. The summed E-state index contributed by atoms with van der Waals surface area (Å²) in [6, 6.07) is 0.0494. The Labute approximate surface area is 78.1 Å². The summed E-state index contributed by atoms with van der Waals surface area (Å²) >= 11 is 0. The number of aliphatic hydroxyl groups is 1. The molecule has 4 heteroatoms. The Hall–Kier alpha value is -0.870. The van der Waals surface area contributed by atoms with Crippen LogP contribution in [0.15, 0.2) is 17.1 Å². The number of aliphatic hydroxyl groups excluding tert-OH is 1. The molecular formula is C9H16N2O2. The molecule has 0 saturated heterocycles. The SMILES string of the molecule is CC=CCC1COCC(O)C(N)=N1. The van der Waals surface area contributed by atoms with Gasteiger partial charge in [-0.25, -0.2) is 0 Å². The number of amidine groups is 1. The van der Waals surface area contributed by atoms with Crippen LogP contribution in [0.2, 0.25) is 0 Å². The Balaban J connectivity index is 2.55. The molecule has 2 unspecified atom stereocenters. The summed E-state index contributed by atoms with van der Waals surface area (Å²) in [5.74, 6) is 0.284. The fraction of sp³-hybridized carbons (Fsp3) is 0.667. The molecule has 0 amide bonds. The van der Waals surface area contributed by atoms with Crippen molar-refractivity contribution in [1.29, 1.82) is 0 Å². The first-order valence-electron chi connectivity index (χ1n) is 4.44. The van der Waals surface area contributed by atoms with Gasteiger partial charge in [0.1, 0.15) is 11.9 Å². The molecule has 3 N–H and O–H groups in total. The van der Waals surface area contributed by atoms with Crippen molar-refractivity contribution in [3.05, 3.63) is 12.2 Å². The zero-order valence-corrected chi connectivity index (χ0v) is 7.81. The summed E-state index contributed by atoms with van der Waals surface area (Å²) in [5.41, 5.74) is 5.54. The van der Waals surface area contributed by atoms with Crippen molar-refractivity contribution in [2.45, 2.75) is 25.5 Å². The van der Waals surface area contributed by atoms with E-state index >= 15 is 0 Å². The van der Waals surface area contributed by atoms with E-state index in [1.54, 1.807) is 0 Å². The third kappa shape index (κ3) is 3.16. The zero-order valence-electron chi connectivity index (χ0n) is 7.81. The van der Waals surface area contributed by atoms with E-state index in [9.17, 15) is 5.11 Å². The van der Waals surface area contributed by atoms with Gasteiger partial charge in [0.25, 0.3) is 0 Å². The second kappa shape index (κ2) is 4.99. The van der Waals surface area contributed by atoms with Crippen LogP contribution in [-0.4, -0.2) is 36.3 Å². The number of hydrogen-bond donors (Lipinski definition) is 2. The van der Waals surface area contributed by atoms with Gasteiger partial charge in [-0.05, 0) is 13.3 Å². The van der Waals surface area contributed by atoms with Gasteiger partial charge in [0, 0.05) is 0 Å². The fourth-order valence-corrected chi connectivity index (χ4v) is 1.15. The topological polar surface area (TPSA) is 67.8 Å². The summed E-state index contributed by atoms with van der Waals surface area (Å²) in [4.78, 5) is 4.16. The van der Waals surface area contributed by atoms with Gasteiger partial charge < -0.3 is 15.6 Å². The lowest BCUT2D eigenvalue weighted by molar-refractivity contribution is 0.0687. The summed E-state index contributed by atoms with van der Waals surface area (Å²) in [6.07, 6.45) is 4.05. The first kappa shape index (κ1) is 10.2. The van der Waals surface area contributed by atoms with E-state index in [-0.39, 0.29) is 18.5 Å². The Kier molecular flexibility index (Phi) is 3.92. The molecule has 0 aromatic rings. The van der Waals surface area contributed by atoms with E-state index in [1.165, 1.54) is 0 Å². The standard InChI is InChI=1S/C9H16N2O2/c1-2-3-4-7-5-13-6-8(12)9(10)11-7/h2-3,7-8,12H,4-6H2,1H3,(H2,10,11). The number of aliphatic imine (C=N–C) groups is 1. The predicted molar refractivity (Wildman–Crippen MR) is 51.7 cm³/mol. The van der Waals surface area contributed by atoms with Gasteiger partial charge in [0.15, 0.2) is 0 Å². The summed E-state index contributed by atoms with van der Waals surface area (Å²) in [6.45, 7) is 2.74. The first-order valence-corrected chi connectivity index (χ1v) is 4.44. The van der Waals surface area contributed by atoms with Crippen molar-refractivity contribution in [2.24, 2.45) is 10.7 Å². The third-order valence-electron chi connectivity index (χ3n) is 1.90. The Bertz CT molecular complexity index is 214. The first-order chi connectivity index (χ1) is 6.24. The van der Waals surface area contributed by atoms with Crippen molar-refractivity contribution in [3.63, 3.8) is 0 Å². The second-order valence-corrected chi connectivity index (χ2v) is 3.07. The van der Waals surface area contributed by atoms with Gasteiger partial charge in [-0.1, -0.05) is 12.2 Å². The van der Waals surface area contributed by atoms with Crippen molar-refractivity contribution < 1.29 is 9.84 Å². The van der Waals surface area contributed by atoms with Crippen LogP contribution in [0, 0.1) is 0 Å². The lowest BCUT2D eigenvalue weighted by Gasteiger charge is -2.06. The third-order valence-corrected chi connectivity index (χ3v) is 1.90. The molecule has 0 fully saturated rings. The smallest absolute Gasteiger partial charge is 0.134 e. The molecule has 13 heavy (non-hydrogen) atoms. The molecule has 0 aromatic heterocycles. The summed E-state index contributed by atoms with van der Waals surface area (Å²) in [7, 11) is 0. The van der Waals surface area contributed by atoms with Gasteiger partial charge in [0.05, 0.1) is 19.3 Å². The highest BCUT2D eigenvalue weighted by Crippen LogP contribution is 2.05. The maximum absolute atomic E-state index is 9.30. The van der Waals surface area contributed by atoms with E-state index in [0.29, 0.717) is 6.61 Å². The van der Waals surface area contributed by atoms with Crippen molar-refractivity contribution in [2.75, 3.05) is 13.2 Å². The van der Waals surface area contributed by atoms with Crippen LogP contribution in [-0.2, 0) is 4.74 Å². The second-order valence-electron chi connectivity index (χ2n) is 3.07. The monoisotopic (exact) mass is 184 g/mol. The maximum atomic E-state index is 9.30. The number of nitrogens with two attached hydrogens (primary N) is 1. The van der Waals surface area contributed by atoms with E-state index in [1.807, 2.05) is 19.1 Å². The molecule has 1 aliphatic rings. The van der Waals surface area contributed by atoms with Crippen LogP contribution in [0.25, 0.3) is 0 Å². The highest BCUT2D eigenvalue weighted by atomic mass is 16.5. The predicted octanol–water partition coefficient (Wildman–Crippen LogP) is 0.0695. The van der Waals surface area contributed by atoms with Gasteiger partial charge in [-0.2, -0.15) is 0 Å². The van der Waals surface area contributed by atoms with Crippen LogP contribution in [0.1, 0.15) is 13.3 Å². The van der Waals surface area contributed by atoms with Gasteiger partial charge in [0.2, 0.25) is 0 Å². The Morgan fingerprint density at radius 2 is 2.46 bits per heavy atom. The summed E-state index contributed by atoms with van der Waals surface area (Å²) < 4.78 is 5.21. The number of rotatable bonds is 2. The van der Waals surface area contributed by atoms with Crippen LogP contribution in [0.3, 0.4) is 0 Å². The molecule has 0 bridgehead atoms. The molecule has 0 aliphatic carbocycles. The number of hydrogen-bond acceptors (Lipinski definition) is 4. The quantitative estimate of drug-likeness (QED) is 0.597. The van der Waals surface area contributed by atoms with E-state index in [4.69, 9.17) is 10.5 Å². The highest BCUT2D eigenvalue weighted by molar-refractivity contribution is 5.85. The number of nitrogens with zero attached hydrogens (tertiary/aromatic N) is 1. The zero-order chi connectivity index (χ0) is 9.68. The average molecular weight is 184 g/mol. The van der Waals surface area contributed by atoms with Crippen molar-refractivity contribution >= 4 is 5.84 Å². The van der Waals surface area contributed by atoms with Crippen LogP contribution >= 0.6 is 0 Å². The molecule has 2 atom stereocenters. The van der Waals surface area contributed by atoms with Gasteiger partial charge in [-0.3, -0.25) is 4.99 Å². The van der Waals surface area contributed by atoms with Crippen LogP contribution in [0.5, 0.6) is 0 Å². The normalized spacial score (nSPS) is 30.2. The number of ether oxygens (including phenoxy) is 1. The molecular weight excluding hydrogens is 168 g/mol. The number of allylic oxidation sites excluding steroid dienone is 1. The van der Waals surface area contributed by atoms with E-state index in [2.05, 4.69) is 4.99 Å². The minimum absolute atomic E-state index is 0.0494. The molecule has 0 aromatic carbocycles. The largest absolute Gasteiger partial charge is 0.385 e. The molecule has 0 saturated carbocycles. The highest BCUT2D eigenvalue weighted by Gasteiger charge is 2.17. The van der Waals surface area contributed by atoms with Crippen LogP contribution in [0.4, 0.5) is 0 Å². The molecule has 0 spiro atoms. The average Bonchev–Trinajstić information content (AvgIpc) is 2.26. The van der Waals surface area contributed by atoms with Gasteiger partial charge in [-0.15, -0.1) is 0 Å². The summed E-state index contributed by atoms with van der Waals surface area (Å²) in [5, 5.41) is 9.30. The Morgan fingerprint density at radius 1 is 1.69 bits per heavy atom. The van der Waals surface area contributed by atoms with Crippen LogP contribution < -0.4 is 5.73 Å². The van der Waals surface area contributed by atoms with Crippen molar-refractivity contribution in [3.8, 4) is 0 Å². The molecule has 74 valence electrons. The lowest BCUT2D eigenvalue weighted by Crippen LogP contribution is -2.31. The minimum atomic E-state index is -0.740. The molecule has 4 nitrogen and oxygen atoms in total. The molecule has 1 heterocycles.